The van der Waals surface area contributed by atoms with Crippen LogP contribution in [0.2, 0.25) is 0 Å². The first-order valence-corrected chi connectivity index (χ1v) is 18.9. The highest BCUT2D eigenvalue weighted by atomic mass is 31.1. The van der Waals surface area contributed by atoms with Crippen LogP contribution in [-0.2, 0) is 0 Å². The van der Waals surface area contributed by atoms with E-state index in [1.54, 1.807) is 0 Å². The van der Waals surface area contributed by atoms with Gasteiger partial charge in [-0.3, -0.25) is 0 Å². The molecule has 0 spiro atoms. The third-order valence-electron chi connectivity index (χ3n) is 10.4. The molecule has 1 unspecified atom stereocenters. The van der Waals surface area contributed by atoms with Gasteiger partial charge >= 0.3 is 0 Å². The Hall–Kier alpha value is -5.97. The fourth-order valence-electron chi connectivity index (χ4n) is 8.28. The molecule has 1 aliphatic heterocycles. The minimum atomic E-state index is -0.762. The van der Waals surface area contributed by atoms with Crippen LogP contribution in [0.4, 0.5) is 0 Å². The molecule has 240 valence electrons. The summed E-state index contributed by atoms with van der Waals surface area (Å²) in [7, 11) is -0.762. The van der Waals surface area contributed by atoms with E-state index in [1.165, 1.54) is 76.4 Å². The maximum atomic E-state index is 6.41. The fraction of sp³-hybridized carbons (Fsp3) is 0.0408. The zero-order valence-electron chi connectivity index (χ0n) is 28.1. The molecule has 0 radical (unpaired) electrons. The van der Waals surface area contributed by atoms with Crippen molar-refractivity contribution < 1.29 is 4.74 Å². The molecule has 1 atom stereocenters. The summed E-state index contributed by atoms with van der Waals surface area (Å²) in [4.78, 5) is 0. The normalized spacial score (nSPS) is 16.4. The van der Waals surface area contributed by atoms with Crippen LogP contribution < -0.4 is 10.0 Å². The van der Waals surface area contributed by atoms with E-state index in [-0.39, 0.29) is 0 Å². The molecule has 7 aromatic rings. The molecule has 1 heterocycles. The van der Waals surface area contributed by atoms with E-state index < -0.39 is 7.92 Å². The van der Waals surface area contributed by atoms with Crippen molar-refractivity contribution in [1.82, 2.24) is 0 Å². The SMILES string of the molecule is C=C1/C=C(P(C2=C=CCC2)c2ccccc2)\C=C/Oc2ccc(-c3c4c(c(-c5ccccc5)c5ccccc35)-c3cccc5cccc-4c35)cc21. The lowest BCUT2D eigenvalue weighted by molar-refractivity contribution is 0.479. The van der Waals surface area contributed by atoms with Gasteiger partial charge in [0.05, 0.1) is 6.26 Å². The second kappa shape index (κ2) is 12.1. The second-order valence-electron chi connectivity index (χ2n) is 13.4. The summed E-state index contributed by atoms with van der Waals surface area (Å²) in [6.07, 6.45) is 10.5. The first kappa shape index (κ1) is 29.9. The summed E-state index contributed by atoms with van der Waals surface area (Å²) >= 11 is 0. The first-order valence-electron chi connectivity index (χ1n) is 17.6. The number of allylic oxidation sites excluding steroid dienone is 5. The van der Waals surface area contributed by atoms with Gasteiger partial charge in [-0.2, -0.15) is 0 Å². The van der Waals surface area contributed by atoms with E-state index in [0.717, 1.165) is 35.3 Å². The van der Waals surface area contributed by atoms with Crippen LogP contribution in [0, 0.1) is 0 Å². The van der Waals surface area contributed by atoms with E-state index in [1.807, 2.05) is 6.26 Å². The van der Waals surface area contributed by atoms with Crippen LogP contribution >= 0.6 is 7.92 Å². The van der Waals surface area contributed by atoms with E-state index >= 15 is 0 Å². The van der Waals surface area contributed by atoms with Crippen molar-refractivity contribution in [3.8, 4) is 50.3 Å². The van der Waals surface area contributed by atoms with Gasteiger partial charge in [0.2, 0.25) is 0 Å². The van der Waals surface area contributed by atoms with Gasteiger partial charge in [-0.05, 0) is 133 Å². The Morgan fingerprint density at radius 2 is 1.27 bits per heavy atom. The molecule has 3 aliphatic rings. The quantitative estimate of drug-likeness (QED) is 0.131. The monoisotopic (exact) mass is 668 g/mol. The fourth-order valence-corrected chi connectivity index (χ4v) is 10.7. The molecule has 10 rings (SSSR count). The van der Waals surface area contributed by atoms with Gasteiger partial charge in [-0.1, -0.05) is 134 Å². The third kappa shape index (κ3) is 4.82. The summed E-state index contributed by atoms with van der Waals surface area (Å²) in [6.45, 7) is 4.68. The molecular weight excluding hydrogens is 636 g/mol. The number of benzene rings is 7. The summed E-state index contributed by atoms with van der Waals surface area (Å²) in [5.41, 5.74) is 15.7. The average Bonchev–Trinajstić information content (AvgIpc) is 3.82. The molecule has 0 saturated heterocycles. The summed E-state index contributed by atoms with van der Waals surface area (Å²) in [6, 6.07) is 50.8. The van der Waals surface area contributed by atoms with Crippen molar-refractivity contribution in [2.24, 2.45) is 0 Å². The topological polar surface area (TPSA) is 9.23 Å². The van der Waals surface area contributed by atoms with Gasteiger partial charge in [0.15, 0.2) is 0 Å². The number of fused-ring (bicyclic) bond motifs is 5. The van der Waals surface area contributed by atoms with Gasteiger partial charge < -0.3 is 4.74 Å². The molecular formula is C49H33OP. The molecule has 51 heavy (non-hydrogen) atoms. The van der Waals surface area contributed by atoms with Gasteiger partial charge in [-0.15, -0.1) is 5.73 Å². The van der Waals surface area contributed by atoms with Crippen LogP contribution in [0.5, 0.6) is 5.75 Å². The number of rotatable bonds is 5. The van der Waals surface area contributed by atoms with Crippen molar-refractivity contribution in [2.75, 3.05) is 0 Å². The highest BCUT2D eigenvalue weighted by molar-refractivity contribution is 7.73. The largest absolute Gasteiger partial charge is 0.464 e. The molecule has 0 N–H and O–H groups in total. The number of hydrogen-bond acceptors (Lipinski definition) is 1. The Morgan fingerprint density at radius 3 is 1.96 bits per heavy atom. The van der Waals surface area contributed by atoms with Gasteiger partial charge in [0.1, 0.15) is 5.75 Å². The standard InChI is InChI=1S/C49H33OP/c1-32-30-38(51(37-20-8-9-21-37)36-18-6-3-7-19-36)28-29-50-44-27-26-35(31-43(32)44)47-40-23-11-10-22-39(40)46(34-14-4-2-5-15-34)48-41-24-12-16-33-17-13-25-42(45(33)41)49(47)48/h2-8,10-19,22-31H,1,9,21H2/b29-28-,38-30+. The molecule has 0 aromatic heterocycles. The predicted molar refractivity (Wildman–Crippen MR) is 217 cm³/mol. The Labute approximate surface area is 299 Å². The first-order chi connectivity index (χ1) is 25.2. The zero-order valence-corrected chi connectivity index (χ0v) is 29.0. The van der Waals surface area contributed by atoms with Crippen molar-refractivity contribution in [3.63, 3.8) is 0 Å². The van der Waals surface area contributed by atoms with Crippen LogP contribution in [0.1, 0.15) is 18.4 Å². The molecule has 0 fully saturated rings. The minimum absolute atomic E-state index is 0.762. The smallest absolute Gasteiger partial charge is 0.134 e. The molecule has 0 amide bonds. The Balaban J connectivity index is 1.21. The van der Waals surface area contributed by atoms with Crippen molar-refractivity contribution in [2.45, 2.75) is 12.8 Å². The van der Waals surface area contributed by atoms with Gasteiger partial charge in [-0.25, -0.2) is 0 Å². The van der Waals surface area contributed by atoms with Gasteiger partial charge in [0.25, 0.3) is 0 Å². The summed E-state index contributed by atoms with van der Waals surface area (Å²) < 4.78 is 6.41. The lowest BCUT2D eigenvalue weighted by Gasteiger charge is -2.23. The summed E-state index contributed by atoms with van der Waals surface area (Å²) in [5.74, 6) is 0.812. The predicted octanol–water partition coefficient (Wildman–Crippen LogP) is 13.4. The number of hydrogen-bond donors (Lipinski definition) is 0. The van der Waals surface area contributed by atoms with E-state index in [9.17, 15) is 0 Å². The Bertz CT molecular complexity index is 2700. The van der Waals surface area contributed by atoms with Crippen LogP contribution in [-0.4, -0.2) is 0 Å². The molecule has 0 bridgehead atoms. The average molecular weight is 669 g/mol. The second-order valence-corrected chi connectivity index (χ2v) is 15.6. The maximum Gasteiger partial charge on any atom is 0.134 e. The zero-order chi connectivity index (χ0) is 33.9. The van der Waals surface area contributed by atoms with E-state index in [4.69, 9.17) is 4.74 Å². The van der Waals surface area contributed by atoms with Crippen molar-refractivity contribution in [3.05, 3.63) is 193 Å². The lowest BCUT2D eigenvalue weighted by Crippen LogP contribution is -2.04. The molecule has 0 saturated carbocycles. The van der Waals surface area contributed by atoms with Gasteiger partial charge in [0, 0.05) is 10.9 Å². The number of ether oxygens (including phenoxy) is 1. The molecule has 7 aromatic carbocycles. The highest BCUT2D eigenvalue weighted by Crippen LogP contribution is 2.58. The van der Waals surface area contributed by atoms with Crippen molar-refractivity contribution >= 4 is 40.3 Å². The van der Waals surface area contributed by atoms with Crippen LogP contribution in [0.3, 0.4) is 0 Å². The van der Waals surface area contributed by atoms with Crippen LogP contribution in [0.25, 0.3) is 71.6 Å². The van der Waals surface area contributed by atoms with Crippen molar-refractivity contribution in [1.29, 1.82) is 0 Å². The molecule has 2 aliphatic carbocycles. The maximum absolute atomic E-state index is 6.41. The minimum Gasteiger partial charge on any atom is -0.464 e. The lowest BCUT2D eigenvalue weighted by atomic mass is 9.82. The van der Waals surface area contributed by atoms with E-state index in [2.05, 4.69) is 170 Å². The molecule has 2 heteroatoms. The third-order valence-corrected chi connectivity index (χ3v) is 12.9. The van der Waals surface area contributed by atoms with E-state index in [0.29, 0.717) is 0 Å². The Morgan fingerprint density at radius 1 is 0.608 bits per heavy atom. The Kier molecular flexibility index (Phi) is 7.10. The summed E-state index contributed by atoms with van der Waals surface area (Å²) in [5, 5.41) is 8.98. The highest BCUT2D eigenvalue weighted by Gasteiger charge is 2.31. The molecule has 1 nitrogen and oxygen atoms in total. The van der Waals surface area contributed by atoms with Crippen LogP contribution in [0.15, 0.2) is 187 Å².